The number of likely N-dealkylation sites (tertiary alicyclic amines) is 1. The van der Waals surface area contributed by atoms with Gasteiger partial charge in [0.1, 0.15) is 12.4 Å². The minimum absolute atomic E-state index is 0.0116. The topological polar surface area (TPSA) is 67.9 Å². The number of esters is 1. The van der Waals surface area contributed by atoms with E-state index in [9.17, 15) is 9.59 Å². The van der Waals surface area contributed by atoms with Gasteiger partial charge in [-0.05, 0) is 57.5 Å². The van der Waals surface area contributed by atoms with Crippen molar-refractivity contribution < 1.29 is 19.1 Å². The van der Waals surface area contributed by atoms with Crippen LogP contribution in [0.25, 0.3) is 0 Å². The van der Waals surface area contributed by atoms with Crippen LogP contribution in [-0.4, -0.2) is 56.2 Å². The number of nitrogens with zero attached hydrogens (tertiary/aromatic N) is 1. The highest BCUT2D eigenvalue weighted by Gasteiger charge is 2.26. The van der Waals surface area contributed by atoms with E-state index in [1.807, 2.05) is 38.1 Å². The minimum atomic E-state index is -0.111. The number of carbonyl (C=O) groups is 2. The zero-order valence-corrected chi connectivity index (χ0v) is 15.1. The first-order valence-electron chi connectivity index (χ1n) is 8.93. The van der Waals surface area contributed by atoms with Gasteiger partial charge in [-0.15, -0.1) is 0 Å². The third-order valence-electron chi connectivity index (χ3n) is 4.26. The first kappa shape index (κ1) is 19.2. The molecule has 1 N–H and O–H groups in total. The monoisotopic (exact) mass is 348 g/mol. The molecule has 0 spiro atoms. The Morgan fingerprint density at radius 2 is 2.04 bits per heavy atom. The van der Waals surface area contributed by atoms with Crippen LogP contribution >= 0.6 is 0 Å². The van der Waals surface area contributed by atoms with Gasteiger partial charge in [0, 0.05) is 0 Å². The number of nitrogens with one attached hydrogen (secondary N) is 1. The molecule has 1 amide bonds. The number of hydrogen-bond acceptors (Lipinski definition) is 5. The van der Waals surface area contributed by atoms with E-state index >= 15 is 0 Å². The van der Waals surface area contributed by atoms with Crippen LogP contribution in [0.4, 0.5) is 0 Å². The van der Waals surface area contributed by atoms with Crippen molar-refractivity contribution in [1.82, 2.24) is 10.2 Å². The molecule has 1 saturated heterocycles. The second-order valence-corrected chi connectivity index (χ2v) is 6.32. The zero-order chi connectivity index (χ0) is 18.1. The predicted octanol–water partition coefficient (Wildman–Crippen LogP) is 1.77. The normalized spacial score (nSPS) is 15.6. The summed E-state index contributed by atoms with van der Waals surface area (Å²) in [4.78, 5) is 25.8. The molecule has 0 saturated carbocycles. The Kier molecular flexibility index (Phi) is 7.73. The van der Waals surface area contributed by atoms with Gasteiger partial charge >= 0.3 is 5.97 Å². The quantitative estimate of drug-likeness (QED) is 0.573. The lowest BCUT2D eigenvalue weighted by Crippen LogP contribution is -2.43. The van der Waals surface area contributed by atoms with Crippen molar-refractivity contribution >= 4 is 11.9 Å². The SMILES string of the molecule is CCOC(=O)C1CCN(CC(=O)NCCOc2cccc(C)c2)CC1. The summed E-state index contributed by atoms with van der Waals surface area (Å²) in [6.07, 6.45) is 1.51. The van der Waals surface area contributed by atoms with E-state index in [0.29, 0.717) is 26.3 Å². The summed E-state index contributed by atoms with van der Waals surface area (Å²) >= 11 is 0. The molecule has 1 aliphatic rings. The smallest absolute Gasteiger partial charge is 0.309 e. The standard InChI is InChI=1S/C19H28N2O4/c1-3-24-19(23)16-7-10-21(11-8-16)14-18(22)20-9-12-25-17-6-4-5-15(2)13-17/h4-6,13,16H,3,7-12,14H2,1-2H3,(H,20,22). The number of rotatable bonds is 8. The van der Waals surface area contributed by atoms with Crippen LogP contribution in [0.2, 0.25) is 0 Å². The van der Waals surface area contributed by atoms with E-state index in [1.54, 1.807) is 0 Å². The molecule has 1 aromatic carbocycles. The average Bonchev–Trinajstić information content (AvgIpc) is 2.60. The van der Waals surface area contributed by atoms with Gasteiger partial charge < -0.3 is 14.8 Å². The van der Waals surface area contributed by atoms with Gasteiger partial charge in [-0.3, -0.25) is 14.5 Å². The molecule has 1 aromatic rings. The van der Waals surface area contributed by atoms with Crippen LogP contribution < -0.4 is 10.1 Å². The van der Waals surface area contributed by atoms with Crippen molar-refractivity contribution in [2.75, 3.05) is 39.4 Å². The molecule has 1 heterocycles. The fraction of sp³-hybridized carbons (Fsp3) is 0.579. The van der Waals surface area contributed by atoms with Crippen LogP contribution in [0.1, 0.15) is 25.3 Å². The highest BCUT2D eigenvalue weighted by atomic mass is 16.5. The number of aryl methyl sites for hydroxylation is 1. The number of piperidine rings is 1. The Balaban J connectivity index is 1.59. The van der Waals surface area contributed by atoms with Crippen LogP contribution in [0.15, 0.2) is 24.3 Å². The molecule has 6 heteroatoms. The molecule has 0 aromatic heterocycles. The van der Waals surface area contributed by atoms with Crippen molar-refractivity contribution in [3.63, 3.8) is 0 Å². The largest absolute Gasteiger partial charge is 0.492 e. The highest BCUT2D eigenvalue weighted by molar-refractivity contribution is 5.78. The van der Waals surface area contributed by atoms with Crippen LogP contribution in [0.5, 0.6) is 5.75 Å². The van der Waals surface area contributed by atoms with E-state index in [2.05, 4.69) is 10.2 Å². The van der Waals surface area contributed by atoms with Crippen LogP contribution in [0.3, 0.4) is 0 Å². The third-order valence-corrected chi connectivity index (χ3v) is 4.26. The van der Waals surface area contributed by atoms with Crippen molar-refractivity contribution in [1.29, 1.82) is 0 Å². The molecule has 1 fully saturated rings. The Labute approximate surface area is 149 Å². The molecule has 2 rings (SSSR count). The van der Waals surface area contributed by atoms with Gasteiger partial charge in [0.05, 0.1) is 25.6 Å². The van der Waals surface area contributed by atoms with Gasteiger partial charge in [0.2, 0.25) is 5.91 Å². The van der Waals surface area contributed by atoms with Gasteiger partial charge in [0.15, 0.2) is 0 Å². The molecular formula is C19H28N2O4. The summed E-state index contributed by atoms with van der Waals surface area (Å²) in [5.74, 6) is 0.666. The van der Waals surface area contributed by atoms with Crippen LogP contribution in [-0.2, 0) is 14.3 Å². The number of carbonyl (C=O) groups excluding carboxylic acids is 2. The summed E-state index contributed by atoms with van der Waals surface area (Å²) in [5, 5.41) is 2.87. The Morgan fingerprint density at radius 1 is 1.28 bits per heavy atom. The van der Waals surface area contributed by atoms with E-state index in [4.69, 9.17) is 9.47 Å². The van der Waals surface area contributed by atoms with Crippen molar-refractivity contribution in [3.8, 4) is 5.75 Å². The number of benzene rings is 1. The average molecular weight is 348 g/mol. The Bertz CT molecular complexity index is 568. The molecule has 1 aliphatic heterocycles. The summed E-state index contributed by atoms with van der Waals surface area (Å²) in [7, 11) is 0. The lowest BCUT2D eigenvalue weighted by atomic mass is 9.97. The maximum atomic E-state index is 12.0. The van der Waals surface area contributed by atoms with Crippen LogP contribution in [0, 0.1) is 12.8 Å². The molecule has 0 atom stereocenters. The van der Waals surface area contributed by atoms with Crippen molar-refractivity contribution in [3.05, 3.63) is 29.8 Å². The highest BCUT2D eigenvalue weighted by Crippen LogP contribution is 2.18. The second kappa shape index (κ2) is 10.0. The Morgan fingerprint density at radius 3 is 2.72 bits per heavy atom. The van der Waals surface area contributed by atoms with Crippen molar-refractivity contribution in [2.45, 2.75) is 26.7 Å². The molecular weight excluding hydrogens is 320 g/mol. The molecule has 0 unspecified atom stereocenters. The van der Waals surface area contributed by atoms with Gasteiger partial charge in [-0.25, -0.2) is 0 Å². The van der Waals surface area contributed by atoms with E-state index in [-0.39, 0.29) is 17.8 Å². The lowest BCUT2D eigenvalue weighted by molar-refractivity contribution is -0.149. The Hall–Kier alpha value is -2.08. The van der Waals surface area contributed by atoms with E-state index in [1.165, 1.54) is 0 Å². The summed E-state index contributed by atoms with van der Waals surface area (Å²) < 4.78 is 10.7. The van der Waals surface area contributed by atoms with Crippen molar-refractivity contribution in [2.24, 2.45) is 5.92 Å². The molecule has 0 radical (unpaired) electrons. The number of ether oxygens (including phenoxy) is 2. The fourth-order valence-electron chi connectivity index (χ4n) is 2.91. The molecule has 6 nitrogen and oxygen atoms in total. The van der Waals surface area contributed by atoms with Gasteiger partial charge in [-0.2, -0.15) is 0 Å². The maximum Gasteiger partial charge on any atom is 0.309 e. The summed E-state index contributed by atoms with van der Waals surface area (Å²) in [6, 6.07) is 7.83. The second-order valence-electron chi connectivity index (χ2n) is 6.32. The first-order valence-corrected chi connectivity index (χ1v) is 8.93. The molecule has 25 heavy (non-hydrogen) atoms. The number of hydrogen-bond donors (Lipinski definition) is 1. The lowest BCUT2D eigenvalue weighted by Gasteiger charge is -2.30. The zero-order valence-electron chi connectivity index (χ0n) is 15.1. The molecule has 0 bridgehead atoms. The number of amides is 1. The summed E-state index contributed by atoms with van der Waals surface area (Å²) in [5.41, 5.74) is 1.15. The first-order chi connectivity index (χ1) is 12.1. The summed E-state index contributed by atoms with van der Waals surface area (Å²) in [6.45, 7) is 7.03. The fourth-order valence-corrected chi connectivity index (χ4v) is 2.91. The van der Waals surface area contributed by atoms with E-state index in [0.717, 1.165) is 37.2 Å². The minimum Gasteiger partial charge on any atom is -0.492 e. The predicted molar refractivity (Wildman–Crippen MR) is 95.5 cm³/mol. The maximum absolute atomic E-state index is 12.0. The van der Waals surface area contributed by atoms with Gasteiger partial charge in [-0.1, -0.05) is 12.1 Å². The van der Waals surface area contributed by atoms with E-state index < -0.39 is 0 Å². The molecule has 0 aliphatic carbocycles. The van der Waals surface area contributed by atoms with Gasteiger partial charge in [0.25, 0.3) is 0 Å². The third kappa shape index (κ3) is 6.74. The molecule has 138 valence electrons.